The minimum absolute atomic E-state index is 0.104. The standard InChI is InChI=1S/C9H9NO4.CO2/c11-6-3-5-1-2-7(9(13)14)10(5)8(12)4-6;2-1-3/h3-4,7,11H,1-2H2,(H,13,14);/t7-;/m0./s1. The number of carboxylic acids is 1. The van der Waals surface area contributed by atoms with Gasteiger partial charge in [0.15, 0.2) is 0 Å². The van der Waals surface area contributed by atoms with Crippen molar-refractivity contribution in [2.45, 2.75) is 18.9 Å². The predicted molar refractivity (Wildman–Crippen MR) is 52.4 cm³/mol. The lowest BCUT2D eigenvalue weighted by Crippen LogP contribution is -2.26. The molecule has 0 bridgehead atoms. The molecule has 0 fully saturated rings. The third kappa shape index (κ3) is 2.59. The van der Waals surface area contributed by atoms with Crippen molar-refractivity contribution < 1.29 is 24.6 Å². The summed E-state index contributed by atoms with van der Waals surface area (Å²) in [5.74, 6) is -1.11. The third-order valence-corrected chi connectivity index (χ3v) is 2.40. The maximum absolute atomic E-state index is 11.4. The van der Waals surface area contributed by atoms with E-state index in [1.54, 1.807) is 0 Å². The number of hydrogen-bond acceptors (Lipinski definition) is 5. The molecule has 1 aromatic rings. The van der Waals surface area contributed by atoms with Gasteiger partial charge in [-0.15, -0.1) is 0 Å². The summed E-state index contributed by atoms with van der Waals surface area (Å²) in [6.45, 7) is 0. The van der Waals surface area contributed by atoms with Crippen LogP contribution in [0.1, 0.15) is 18.2 Å². The van der Waals surface area contributed by atoms with Crippen LogP contribution in [-0.4, -0.2) is 26.9 Å². The normalized spacial score (nSPS) is 16.4. The maximum Gasteiger partial charge on any atom is 0.373 e. The zero-order chi connectivity index (χ0) is 13.0. The van der Waals surface area contributed by atoms with Gasteiger partial charge in [0.05, 0.1) is 0 Å². The molecular formula is C10H9NO6. The van der Waals surface area contributed by atoms with E-state index in [1.165, 1.54) is 10.6 Å². The summed E-state index contributed by atoms with van der Waals surface area (Å²) in [5.41, 5.74) is 0.132. The van der Waals surface area contributed by atoms with E-state index in [0.717, 1.165) is 6.07 Å². The van der Waals surface area contributed by atoms with Crippen molar-refractivity contribution in [1.29, 1.82) is 0 Å². The minimum Gasteiger partial charge on any atom is -0.508 e. The number of aromatic nitrogens is 1. The Morgan fingerprint density at radius 3 is 2.53 bits per heavy atom. The molecule has 0 unspecified atom stereocenters. The van der Waals surface area contributed by atoms with E-state index in [-0.39, 0.29) is 11.9 Å². The summed E-state index contributed by atoms with van der Waals surface area (Å²) in [6, 6.07) is 1.69. The Hall–Kier alpha value is -2.40. The number of fused-ring (bicyclic) bond motifs is 1. The second kappa shape index (κ2) is 5.09. The van der Waals surface area contributed by atoms with Crippen molar-refractivity contribution in [2.24, 2.45) is 0 Å². The molecule has 1 aliphatic rings. The number of aryl methyl sites for hydroxylation is 1. The highest BCUT2D eigenvalue weighted by atomic mass is 16.4. The van der Waals surface area contributed by atoms with Gasteiger partial charge in [-0.1, -0.05) is 0 Å². The Labute approximate surface area is 94.9 Å². The largest absolute Gasteiger partial charge is 0.508 e. The number of aliphatic carboxylic acids is 1. The van der Waals surface area contributed by atoms with E-state index in [2.05, 4.69) is 0 Å². The third-order valence-electron chi connectivity index (χ3n) is 2.40. The summed E-state index contributed by atoms with van der Waals surface area (Å²) in [6.07, 6.45) is 1.18. The van der Waals surface area contributed by atoms with Crippen LogP contribution in [0, 0.1) is 0 Å². The number of carboxylic acid groups (broad SMARTS) is 1. The minimum atomic E-state index is -1.00. The van der Waals surface area contributed by atoms with Gasteiger partial charge in [0.2, 0.25) is 0 Å². The lowest BCUT2D eigenvalue weighted by molar-refractivity contribution is -0.191. The van der Waals surface area contributed by atoms with Crippen LogP contribution >= 0.6 is 0 Å². The SMILES string of the molecule is O=C(O)[C@@H]1CCc2cc(O)cc(=O)n21.O=C=O. The number of carbonyl (C=O) groups is 1. The molecule has 0 saturated carbocycles. The molecule has 0 spiro atoms. The molecule has 7 heteroatoms. The molecule has 1 atom stereocenters. The van der Waals surface area contributed by atoms with E-state index in [1.807, 2.05) is 0 Å². The van der Waals surface area contributed by atoms with Crippen molar-refractivity contribution in [3.63, 3.8) is 0 Å². The average Bonchev–Trinajstić information content (AvgIpc) is 2.62. The fourth-order valence-corrected chi connectivity index (χ4v) is 1.81. The first-order valence-electron chi connectivity index (χ1n) is 4.67. The molecule has 2 rings (SSSR count). The lowest BCUT2D eigenvalue weighted by atomic mass is 10.2. The van der Waals surface area contributed by atoms with Gasteiger partial charge in [0.25, 0.3) is 5.56 Å². The molecule has 0 amide bonds. The van der Waals surface area contributed by atoms with Gasteiger partial charge >= 0.3 is 12.1 Å². The number of rotatable bonds is 1. The van der Waals surface area contributed by atoms with Gasteiger partial charge < -0.3 is 10.2 Å². The molecule has 2 heterocycles. The van der Waals surface area contributed by atoms with Crippen LogP contribution < -0.4 is 5.56 Å². The number of aromatic hydroxyl groups is 1. The van der Waals surface area contributed by atoms with Crippen LogP contribution in [0.25, 0.3) is 0 Å². The molecule has 0 saturated heterocycles. The molecule has 2 N–H and O–H groups in total. The molecular weight excluding hydrogens is 230 g/mol. The molecule has 17 heavy (non-hydrogen) atoms. The Morgan fingerprint density at radius 2 is 2.00 bits per heavy atom. The van der Waals surface area contributed by atoms with Crippen molar-refractivity contribution in [3.05, 3.63) is 28.2 Å². The average molecular weight is 239 g/mol. The zero-order valence-electron chi connectivity index (χ0n) is 8.62. The summed E-state index contributed by atoms with van der Waals surface area (Å²) < 4.78 is 1.22. The topological polar surface area (TPSA) is 114 Å². The zero-order valence-corrected chi connectivity index (χ0v) is 8.62. The van der Waals surface area contributed by atoms with Gasteiger partial charge in [-0.05, 0) is 18.9 Å². The van der Waals surface area contributed by atoms with Gasteiger partial charge in [0, 0.05) is 11.8 Å². The van der Waals surface area contributed by atoms with Crippen LogP contribution in [0.5, 0.6) is 5.75 Å². The van der Waals surface area contributed by atoms with Gasteiger partial charge in [-0.25, -0.2) is 4.79 Å². The molecule has 7 nitrogen and oxygen atoms in total. The van der Waals surface area contributed by atoms with Crippen molar-refractivity contribution in [2.75, 3.05) is 0 Å². The van der Waals surface area contributed by atoms with E-state index in [9.17, 15) is 9.59 Å². The van der Waals surface area contributed by atoms with Crippen molar-refractivity contribution in [1.82, 2.24) is 4.57 Å². The second-order valence-corrected chi connectivity index (χ2v) is 3.39. The van der Waals surface area contributed by atoms with Crippen LogP contribution in [-0.2, 0) is 20.8 Å². The van der Waals surface area contributed by atoms with E-state index >= 15 is 0 Å². The first-order valence-corrected chi connectivity index (χ1v) is 4.67. The molecule has 0 radical (unpaired) electrons. The number of pyridine rings is 1. The Kier molecular flexibility index (Phi) is 3.79. The fraction of sp³-hybridized carbons (Fsp3) is 0.300. The highest BCUT2D eigenvalue weighted by Crippen LogP contribution is 2.25. The Balaban J connectivity index is 0.000000437. The van der Waals surface area contributed by atoms with Crippen LogP contribution in [0.2, 0.25) is 0 Å². The lowest BCUT2D eigenvalue weighted by Gasteiger charge is -2.08. The number of nitrogens with zero attached hydrogens (tertiary/aromatic N) is 1. The number of carbonyl (C=O) groups excluding carboxylic acids is 2. The van der Waals surface area contributed by atoms with E-state index in [0.29, 0.717) is 18.5 Å². The van der Waals surface area contributed by atoms with E-state index < -0.39 is 17.6 Å². The molecule has 0 aliphatic carbocycles. The van der Waals surface area contributed by atoms with E-state index in [4.69, 9.17) is 19.8 Å². The number of hydrogen-bond donors (Lipinski definition) is 2. The summed E-state index contributed by atoms with van der Waals surface area (Å²) in [7, 11) is 0. The molecule has 1 aromatic heterocycles. The smallest absolute Gasteiger partial charge is 0.373 e. The first-order chi connectivity index (χ1) is 8.01. The van der Waals surface area contributed by atoms with Crippen molar-refractivity contribution in [3.8, 4) is 5.75 Å². The molecule has 0 aromatic carbocycles. The fourth-order valence-electron chi connectivity index (χ4n) is 1.81. The predicted octanol–water partition coefficient (Wildman–Crippen LogP) is -0.458. The van der Waals surface area contributed by atoms with Gasteiger partial charge in [-0.3, -0.25) is 9.36 Å². The second-order valence-electron chi connectivity index (χ2n) is 3.39. The molecule has 90 valence electrons. The molecule has 1 aliphatic heterocycles. The van der Waals surface area contributed by atoms with Gasteiger partial charge in [-0.2, -0.15) is 9.59 Å². The highest BCUT2D eigenvalue weighted by molar-refractivity contribution is 5.72. The Bertz CT molecular complexity index is 526. The first kappa shape index (κ1) is 12.7. The summed E-state index contributed by atoms with van der Waals surface area (Å²) >= 11 is 0. The van der Waals surface area contributed by atoms with Crippen LogP contribution in [0.3, 0.4) is 0 Å². The highest BCUT2D eigenvalue weighted by Gasteiger charge is 2.28. The maximum atomic E-state index is 11.4. The quantitative estimate of drug-likeness (QED) is 0.685. The van der Waals surface area contributed by atoms with Gasteiger partial charge in [0.1, 0.15) is 11.8 Å². The van der Waals surface area contributed by atoms with Crippen LogP contribution in [0.15, 0.2) is 16.9 Å². The van der Waals surface area contributed by atoms with Crippen LogP contribution in [0.4, 0.5) is 0 Å². The summed E-state index contributed by atoms with van der Waals surface area (Å²) in [4.78, 5) is 38.4. The van der Waals surface area contributed by atoms with Crippen molar-refractivity contribution >= 4 is 12.1 Å². The monoisotopic (exact) mass is 239 g/mol. The Morgan fingerprint density at radius 1 is 1.41 bits per heavy atom. The summed E-state index contributed by atoms with van der Waals surface area (Å²) in [5, 5.41) is 18.0.